The molecule has 1 unspecified atom stereocenters. The predicted octanol–water partition coefficient (Wildman–Crippen LogP) is 4.12. The van der Waals surface area contributed by atoms with Gasteiger partial charge in [0.2, 0.25) is 5.91 Å². The number of piperidine rings is 1. The number of amides is 1. The van der Waals surface area contributed by atoms with E-state index in [4.69, 9.17) is 0 Å². The lowest BCUT2D eigenvalue weighted by molar-refractivity contribution is -0.137. The summed E-state index contributed by atoms with van der Waals surface area (Å²) < 4.78 is 1.92. The second-order valence-corrected chi connectivity index (χ2v) is 10.5. The molecule has 2 aromatic carbocycles. The zero-order chi connectivity index (χ0) is 26.6. The monoisotopic (exact) mass is 521 g/mol. The van der Waals surface area contributed by atoms with Crippen LogP contribution in [0.2, 0.25) is 0 Å². The van der Waals surface area contributed by atoms with Crippen LogP contribution in [0.3, 0.4) is 0 Å². The normalized spacial score (nSPS) is 18.5. The van der Waals surface area contributed by atoms with Gasteiger partial charge in [-0.2, -0.15) is 0 Å². The minimum absolute atomic E-state index is 0.0123. The Morgan fingerprint density at radius 3 is 2.05 bits per heavy atom. The van der Waals surface area contributed by atoms with Gasteiger partial charge in [0.15, 0.2) is 11.6 Å². The van der Waals surface area contributed by atoms with Crippen molar-refractivity contribution in [3.63, 3.8) is 0 Å². The van der Waals surface area contributed by atoms with E-state index in [1.54, 1.807) is 6.20 Å². The number of carbonyl (C=O) groups excluding carboxylic acids is 1. The number of aryl methyl sites for hydroxylation is 1. The maximum absolute atomic E-state index is 13.6. The summed E-state index contributed by atoms with van der Waals surface area (Å²) in [6.07, 6.45) is 5.54. The Morgan fingerprint density at radius 2 is 1.46 bits per heavy atom. The maximum Gasteiger partial charge on any atom is 0.227 e. The van der Waals surface area contributed by atoms with E-state index in [9.17, 15) is 4.79 Å². The fraction of sp³-hybridized carbons (Fsp3) is 0.355. The Morgan fingerprint density at radius 1 is 0.821 bits per heavy atom. The molecule has 39 heavy (non-hydrogen) atoms. The average molecular weight is 522 g/mol. The molecule has 4 heterocycles. The van der Waals surface area contributed by atoms with E-state index in [1.165, 1.54) is 11.1 Å². The Labute approximate surface area is 229 Å². The van der Waals surface area contributed by atoms with Crippen LogP contribution in [0.1, 0.15) is 35.8 Å². The van der Waals surface area contributed by atoms with E-state index in [0.717, 1.165) is 63.0 Å². The molecule has 0 N–H and O–H groups in total. The SMILES string of the molecule is Cc1nccn1-c1ccc(N2CCCC(C(=O)N3CCN(C(c4ccccc4)c4ccccc4)CC3)C2)nn1. The molecule has 0 saturated carbocycles. The standard InChI is InChI=1S/C31H35N7O/c1-24-32-16-18-38(24)29-15-14-28(33-34-29)37-17-8-13-27(23-37)31(39)36-21-19-35(20-22-36)30(25-9-4-2-5-10-25)26-11-6-3-7-12-26/h2-7,9-12,14-16,18,27,30H,8,13,17,19-23H2,1H3. The molecule has 2 aromatic heterocycles. The molecule has 8 heteroatoms. The largest absolute Gasteiger partial charge is 0.354 e. The first-order chi connectivity index (χ1) is 19.2. The molecule has 2 saturated heterocycles. The van der Waals surface area contributed by atoms with Gasteiger partial charge in [-0.05, 0) is 43.0 Å². The minimum Gasteiger partial charge on any atom is -0.354 e. The Kier molecular flexibility index (Phi) is 7.36. The second-order valence-electron chi connectivity index (χ2n) is 10.5. The van der Waals surface area contributed by atoms with Crippen molar-refractivity contribution in [1.29, 1.82) is 0 Å². The van der Waals surface area contributed by atoms with Crippen molar-refractivity contribution < 1.29 is 4.79 Å². The molecule has 4 aromatic rings. The van der Waals surface area contributed by atoms with Gasteiger partial charge in [-0.25, -0.2) is 4.98 Å². The summed E-state index contributed by atoms with van der Waals surface area (Å²) >= 11 is 0. The zero-order valence-corrected chi connectivity index (χ0v) is 22.4. The summed E-state index contributed by atoms with van der Waals surface area (Å²) in [4.78, 5) is 24.7. The number of nitrogens with zero attached hydrogens (tertiary/aromatic N) is 7. The first kappa shape index (κ1) is 25.2. The number of rotatable bonds is 6. The third-order valence-electron chi connectivity index (χ3n) is 8.03. The highest BCUT2D eigenvalue weighted by atomic mass is 16.2. The molecular weight excluding hydrogens is 486 g/mol. The van der Waals surface area contributed by atoms with Crippen molar-refractivity contribution in [3.05, 3.63) is 102 Å². The van der Waals surface area contributed by atoms with Crippen LogP contribution in [0.15, 0.2) is 85.2 Å². The number of benzene rings is 2. The van der Waals surface area contributed by atoms with Crippen LogP contribution in [-0.2, 0) is 4.79 Å². The maximum atomic E-state index is 13.6. The van der Waals surface area contributed by atoms with Crippen LogP contribution >= 0.6 is 0 Å². The molecule has 0 aliphatic carbocycles. The van der Waals surface area contributed by atoms with Crippen LogP contribution in [0.4, 0.5) is 5.82 Å². The predicted molar refractivity (Wildman–Crippen MR) is 152 cm³/mol. The highest BCUT2D eigenvalue weighted by Crippen LogP contribution is 2.30. The van der Waals surface area contributed by atoms with Gasteiger partial charge in [-0.15, -0.1) is 10.2 Å². The van der Waals surface area contributed by atoms with Crippen molar-refractivity contribution >= 4 is 11.7 Å². The first-order valence-corrected chi connectivity index (χ1v) is 13.9. The smallest absolute Gasteiger partial charge is 0.227 e. The second kappa shape index (κ2) is 11.4. The summed E-state index contributed by atoms with van der Waals surface area (Å²) in [6, 6.07) is 25.6. The van der Waals surface area contributed by atoms with Crippen LogP contribution in [0, 0.1) is 12.8 Å². The molecule has 6 rings (SSSR count). The summed E-state index contributed by atoms with van der Waals surface area (Å²) in [5.74, 6) is 2.71. The van der Waals surface area contributed by atoms with Crippen molar-refractivity contribution in [2.75, 3.05) is 44.2 Å². The number of carbonyl (C=O) groups is 1. The quantitative estimate of drug-likeness (QED) is 0.380. The van der Waals surface area contributed by atoms with Gasteiger partial charge in [0.1, 0.15) is 5.82 Å². The molecule has 200 valence electrons. The number of imidazole rings is 1. The van der Waals surface area contributed by atoms with Crippen molar-refractivity contribution in [3.8, 4) is 5.82 Å². The third kappa shape index (κ3) is 5.43. The fourth-order valence-corrected chi connectivity index (χ4v) is 5.97. The number of hydrogen-bond donors (Lipinski definition) is 0. The lowest BCUT2D eigenvalue weighted by Gasteiger charge is -2.42. The molecule has 1 atom stereocenters. The van der Waals surface area contributed by atoms with Crippen molar-refractivity contribution in [1.82, 2.24) is 29.5 Å². The fourth-order valence-electron chi connectivity index (χ4n) is 5.97. The van der Waals surface area contributed by atoms with E-state index >= 15 is 0 Å². The summed E-state index contributed by atoms with van der Waals surface area (Å²) in [5, 5.41) is 8.91. The van der Waals surface area contributed by atoms with Gasteiger partial charge in [-0.1, -0.05) is 60.7 Å². The van der Waals surface area contributed by atoms with Crippen molar-refractivity contribution in [2.45, 2.75) is 25.8 Å². The first-order valence-electron chi connectivity index (χ1n) is 13.9. The lowest BCUT2D eigenvalue weighted by atomic mass is 9.95. The molecule has 2 aliphatic rings. The third-order valence-corrected chi connectivity index (χ3v) is 8.03. The molecule has 2 fully saturated rings. The van der Waals surface area contributed by atoms with Gasteiger partial charge in [0.25, 0.3) is 0 Å². The number of anilines is 1. The minimum atomic E-state index is -0.0123. The molecule has 2 aliphatic heterocycles. The Hall–Kier alpha value is -4.04. The Bertz CT molecular complexity index is 1330. The molecular formula is C31H35N7O. The van der Waals surface area contributed by atoms with Crippen LogP contribution < -0.4 is 4.90 Å². The van der Waals surface area contributed by atoms with Gasteiger partial charge in [-0.3, -0.25) is 14.3 Å². The summed E-state index contributed by atoms with van der Waals surface area (Å²) in [6.45, 7) is 6.75. The highest BCUT2D eigenvalue weighted by molar-refractivity contribution is 5.80. The van der Waals surface area contributed by atoms with Gasteiger partial charge in [0.05, 0.1) is 12.0 Å². The summed E-state index contributed by atoms with van der Waals surface area (Å²) in [5.41, 5.74) is 2.59. The Balaban J connectivity index is 1.09. The number of hydrogen-bond acceptors (Lipinski definition) is 6. The van der Waals surface area contributed by atoms with Gasteiger partial charge < -0.3 is 9.80 Å². The molecule has 1 amide bonds. The zero-order valence-electron chi connectivity index (χ0n) is 22.4. The van der Waals surface area contributed by atoms with Crippen LogP contribution in [-0.4, -0.2) is 74.7 Å². The average Bonchev–Trinajstić information content (AvgIpc) is 3.44. The molecule has 8 nitrogen and oxygen atoms in total. The van der Waals surface area contributed by atoms with E-state index in [0.29, 0.717) is 6.54 Å². The molecule has 0 spiro atoms. The van der Waals surface area contributed by atoms with Crippen molar-refractivity contribution in [2.24, 2.45) is 5.92 Å². The lowest BCUT2D eigenvalue weighted by Crippen LogP contribution is -2.53. The van der Waals surface area contributed by atoms with E-state index in [1.807, 2.05) is 29.8 Å². The van der Waals surface area contributed by atoms with E-state index in [-0.39, 0.29) is 17.9 Å². The number of piperazine rings is 1. The molecule has 0 bridgehead atoms. The molecule has 0 radical (unpaired) electrons. The highest BCUT2D eigenvalue weighted by Gasteiger charge is 2.33. The van der Waals surface area contributed by atoms with E-state index < -0.39 is 0 Å². The topological polar surface area (TPSA) is 70.4 Å². The van der Waals surface area contributed by atoms with Crippen LogP contribution in [0.25, 0.3) is 5.82 Å². The van der Waals surface area contributed by atoms with E-state index in [2.05, 4.69) is 90.5 Å². The van der Waals surface area contributed by atoms with Crippen LogP contribution in [0.5, 0.6) is 0 Å². The summed E-state index contributed by atoms with van der Waals surface area (Å²) in [7, 11) is 0. The van der Waals surface area contributed by atoms with Gasteiger partial charge >= 0.3 is 0 Å². The van der Waals surface area contributed by atoms with Gasteiger partial charge in [0, 0.05) is 51.7 Å². The number of aromatic nitrogens is 4.